The molecule has 28 heavy (non-hydrogen) atoms. The van der Waals surface area contributed by atoms with Gasteiger partial charge in [-0.1, -0.05) is 43.7 Å². The molecule has 0 spiro atoms. The normalized spacial score (nSPS) is 11.1. The Labute approximate surface area is 170 Å². The third-order valence-corrected chi connectivity index (χ3v) is 5.54. The van der Waals surface area contributed by atoms with Crippen LogP contribution in [0.5, 0.6) is 0 Å². The number of carbonyl (C=O) groups excluding carboxylic acids is 1. The SMILES string of the molecule is CCCCNC(=O)N(CCOC)CCc1csc2nc(-c3ccccc3)cn12. The van der Waals surface area contributed by atoms with Gasteiger partial charge in [0.1, 0.15) is 0 Å². The van der Waals surface area contributed by atoms with E-state index >= 15 is 0 Å². The van der Waals surface area contributed by atoms with Crippen LogP contribution in [0.25, 0.3) is 16.2 Å². The van der Waals surface area contributed by atoms with Gasteiger partial charge in [-0.2, -0.15) is 0 Å². The van der Waals surface area contributed by atoms with E-state index < -0.39 is 0 Å². The summed E-state index contributed by atoms with van der Waals surface area (Å²) in [6, 6.07) is 10.2. The number of ether oxygens (including phenoxy) is 1. The van der Waals surface area contributed by atoms with E-state index in [1.54, 1.807) is 18.4 Å². The van der Waals surface area contributed by atoms with E-state index in [4.69, 9.17) is 9.72 Å². The van der Waals surface area contributed by atoms with Crippen LogP contribution in [0.2, 0.25) is 0 Å². The van der Waals surface area contributed by atoms with Gasteiger partial charge in [0.15, 0.2) is 4.96 Å². The Balaban J connectivity index is 1.67. The minimum Gasteiger partial charge on any atom is -0.383 e. The van der Waals surface area contributed by atoms with Crippen LogP contribution in [0.15, 0.2) is 41.9 Å². The molecule has 150 valence electrons. The largest absolute Gasteiger partial charge is 0.383 e. The summed E-state index contributed by atoms with van der Waals surface area (Å²) in [5, 5.41) is 5.13. The van der Waals surface area contributed by atoms with Gasteiger partial charge in [-0.25, -0.2) is 9.78 Å². The number of rotatable bonds is 10. The molecule has 2 heterocycles. The van der Waals surface area contributed by atoms with Crippen molar-refractivity contribution in [3.63, 3.8) is 0 Å². The number of imidazole rings is 1. The molecule has 0 radical (unpaired) electrons. The van der Waals surface area contributed by atoms with Crippen molar-refractivity contribution < 1.29 is 9.53 Å². The molecule has 1 N–H and O–H groups in total. The lowest BCUT2D eigenvalue weighted by atomic mass is 10.2. The second-order valence-corrected chi connectivity index (χ2v) is 7.52. The highest BCUT2D eigenvalue weighted by molar-refractivity contribution is 7.15. The van der Waals surface area contributed by atoms with Gasteiger partial charge in [0.25, 0.3) is 0 Å². The molecule has 1 aromatic carbocycles. The average molecular weight is 401 g/mol. The van der Waals surface area contributed by atoms with Crippen LogP contribution >= 0.6 is 11.3 Å². The van der Waals surface area contributed by atoms with Gasteiger partial charge in [0.2, 0.25) is 0 Å². The Morgan fingerprint density at radius 1 is 1.29 bits per heavy atom. The maximum Gasteiger partial charge on any atom is 0.317 e. The minimum atomic E-state index is -0.0208. The third kappa shape index (κ3) is 5.11. The van der Waals surface area contributed by atoms with Crippen molar-refractivity contribution >= 4 is 22.3 Å². The van der Waals surface area contributed by atoms with E-state index in [0.717, 1.165) is 35.5 Å². The molecule has 2 amide bonds. The molecule has 6 nitrogen and oxygen atoms in total. The Hall–Kier alpha value is -2.38. The number of nitrogens with zero attached hydrogens (tertiary/aromatic N) is 3. The predicted molar refractivity (Wildman–Crippen MR) is 114 cm³/mol. The highest BCUT2D eigenvalue weighted by atomic mass is 32.1. The zero-order valence-corrected chi connectivity index (χ0v) is 17.4. The number of hydrogen-bond donors (Lipinski definition) is 1. The fraction of sp³-hybridized carbons (Fsp3) is 0.429. The Bertz CT molecular complexity index is 875. The van der Waals surface area contributed by atoms with Crippen LogP contribution in [-0.2, 0) is 11.2 Å². The van der Waals surface area contributed by atoms with Crippen LogP contribution in [0, 0.1) is 0 Å². The van der Waals surface area contributed by atoms with E-state index in [1.165, 1.54) is 5.69 Å². The summed E-state index contributed by atoms with van der Waals surface area (Å²) >= 11 is 1.63. The second-order valence-electron chi connectivity index (χ2n) is 6.69. The lowest BCUT2D eigenvalue weighted by Crippen LogP contribution is -2.43. The highest BCUT2D eigenvalue weighted by Crippen LogP contribution is 2.23. The molecule has 0 unspecified atom stereocenters. The smallest absolute Gasteiger partial charge is 0.317 e. The number of nitrogens with one attached hydrogen (secondary N) is 1. The third-order valence-electron chi connectivity index (χ3n) is 4.65. The van der Waals surface area contributed by atoms with Crippen molar-refractivity contribution in [1.82, 2.24) is 19.6 Å². The molecule has 2 aromatic heterocycles. The van der Waals surface area contributed by atoms with Crippen molar-refractivity contribution in [2.45, 2.75) is 26.2 Å². The van der Waals surface area contributed by atoms with Crippen LogP contribution in [0.3, 0.4) is 0 Å². The zero-order valence-electron chi connectivity index (χ0n) is 16.6. The van der Waals surface area contributed by atoms with Crippen molar-refractivity contribution in [1.29, 1.82) is 0 Å². The maximum atomic E-state index is 12.5. The Morgan fingerprint density at radius 2 is 2.11 bits per heavy atom. The molecule has 3 rings (SSSR count). The van der Waals surface area contributed by atoms with Crippen LogP contribution in [-0.4, -0.2) is 53.7 Å². The summed E-state index contributed by atoms with van der Waals surface area (Å²) in [5.74, 6) is 0. The molecular weight excluding hydrogens is 372 g/mol. The Morgan fingerprint density at radius 3 is 2.86 bits per heavy atom. The lowest BCUT2D eigenvalue weighted by molar-refractivity contribution is 0.149. The van der Waals surface area contributed by atoms with Gasteiger partial charge in [-0.3, -0.25) is 4.40 Å². The molecule has 0 aliphatic heterocycles. The van der Waals surface area contributed by atoms with E-state index in [0.29, 0.717) is 26.2 Å². The highest BCUT2D eigenvalue weighted by Gasteiger charge is 2.15. The first-order chi connectivity index (χ1) is 13.7. The molecule has 0 atom stereocenters. The maximum absolute atomic E-state index is 12.5. The van der Waals surface area contributed by atoms with Gasteiger partial charge in [-0.15, -0.1) is 11.3 Å². The van der Waals surface area contributed by atoms with E-state index in [9.17, 15) is 4.79 Å². The van der Waals surface area contributed by atoms with Crippen molar-refractivity contribution in [2.24, 2.45) is 0 Å². The number of benzene rings is 1. The average Bonchev–Trinajstić information content (AvgIpc) is 3.30. The first-order valence-electron chi connectivity index (χ1n) is 9.75. The molecule has 0 saturated carbocycles. The molecule has 0 aliphatic carbocycles. The van der Waals surface area contributed by atoms with Crippen LogP contribution in [0.4, 0.5) is 4.79 Å². The van der Waals surface area contributed by atoms with Crippen molar-refractivity contribution in [3.05, 3.63) is 47.6 Å². The molecule has 3 aromatic rings. The van der Waals surface area contributed by atoms with E-state index in [2.05, 4.69) is 40.4 Å². The first kappa shape index (κ1) is 20.4. The van der Waals surface area contributed by atoms with Crippen molar-refractivity contribution in [3.8, 4) is 11.3 Å². The van der Waals surface area contributed by atoms with Gasteiger partial charge in [0.05, 0.1) is 12.3 Å². The van der Waals surface area contributed by atoms with Gasteiger partial charge in [-0.05, 0) is 6.42 Å². The lowest BCUT2D eigenvalue weighted by Gasteiger charge is -2.22. The number of urea groups is 1. The molecular formula is C21H28N4O2S. The van der Waals surface area contributed by atoms with Crippen molar-refractivity contribution in [2.75, 3.05) is 33.4 Å². The predicted octanol–water partition coefficient (Wildman–Crippen LogP) is 4.06. The number of amides is 2. The van der Waals surface area contributed by atoms with Gasteiger partial charge in [0, 0.05) is 56.0 Å². The summed E-state index contributed by atoms with van der Waals surface area (Å²) < 4.78 is 7.31. The number of aromatic nitrogens is 2. The number of methoxy groups -OCH3 is 1. The molecule has 7 heteroatoms. The van der Waals surface area contributed by atoms with Crippen LogP contribution in [0.1, 0.15) is 25.5 Å². The van der Waals surface area contributed by atoms with Gasteiger partial charge < -0.3 is 15.0 Å². The number of carbonyl (C=O) groups is 1. The monoisotopic (exact) mass is 400 g/mol. The fourth-order valence-corrected chi connectivity index (χ4v) is 3.91. The summed E-state index contributed by atoms with van der Waals surface area (Å²) in [6.07, 6.45) is 4.91. The summed E-state index contributed by atoms with van der Waals surface area (Å²) in [4.78, 5) is 20.0. The Kier molecular flexibility index (Phi) is 7.45. The summed E-state index contributed by atoms with van der Waals surface area (Å²) in [5.41, 5.74) is 3.25. The quantitative estimate of drug-likeness (QED) is 0.522. The van der Waals surface area contributed by atoms with E-state index in [-0.39, 0.29) is 6.03 Å². The molecule has 0 bridgehead atoms. The summed E-state index contributed by atoms with van der Waals surface area (Å²) in [6.45, 7) is 4.59. The minimum absolute atomic E-state index is 0.0208. The number of fused-ring (bicyclic) bond motifs is 1. The molecule has 0 fully saturated rings. The standard InChI is InChI=1S/C21H28N4O2S/c1-3-4-11-22-20(26)24(13-14-27-2)12-10-18-16-28-21-23-19(15-25(18)21)17-8-6-5-7-9-17/h5-9,15-16H,3-4,10-14H2,1-2H3,(H,22,26). The van der Waals surface area contributed by atoms with Gasteiger partial charge >= 0.3 is 6.03 Å². The van der Waals surface area contributed by atoms with E-state index in [1.807, 2.05) is 23.1 Å². The molecule has 0 aliphatic rings. The number of unbranched alkanes of at least 4 members (excludes halogenated alkanes) is 1. The second kappa shape index (κ2) is 10.2. The zero-order chi connectivity index (χ0) is 19.8. The number of thiazole rings is 1. The summed E-state index contributed by atoms with van der Waals surface area (Å²) in [7, 11) is 1.66. The van der Waals surface area contributed by atoms with Crippen LogP contribution < -0.4 is 5.32 Å². The topological polar surface area (TPSA) is 58.9 Å². The fourth-order valence-electron chi connectivity index (χ4n) is 3.01. The number of hydrogen-bond acceptors (Lipinski definition) is 4. The first-order valence-corrected chi connectivity index (χ1v) is 10.6. The molecule has 0 saturated heterocycles.